The van der Waals surface area contributed by atoms with Crippen LogP contribution in [0.3, 0.4) is 0 Å². The summed E-state index contributed by atoms with van der Waals surface area (Å²) in [6.45, 7) is 5.16. The number of nitrogens with zero attached hydrogens (tertiary/aromatic N) is 2. The third-order valence-electron chi connectivity index (χ3n) is 2.56. The van der Waals surface area contributed by atoms with Crippen molar-refractivity contribution in [3.05, 3.63) is 61.7 Å². The highest BCUT2D eigenvalue weighted by molar-refractivity contribution is 9.10. The minimum absolute atomic E-state index is 0.117. The van der Waals surface area contributed by atoms with Gasteiger partial charge in [0.1, 0.15) is 11.0 Å². The van der Waals surface area contributed by atoms with Gasteiger partial charge in [-0.25, -0.2) is 0 Å². The summed E-state index contributed by atoms with van der Waals surface area (Å²) in [4.78, 5) is 12.9. The molecule has 116 valence electrons. The van der Waals surface area contributed by atoms with Crippen LogP contribution in [-0.4, -0.2) is 5.91 Å². The third-order valence-corrected chi connectivity index (χ3v) is 4.87. The Morgan fingerprint density at radius 1 is 1.35 bits per heavy atom. The first-order valence-electron chi connectivity index (χ1n) is 6.24. The van der Waals surface area contributed by atoms with E-state index in [1.54, 1.807) is 24.3 Å². The molecule has 0 fully saturated rings. The van der Waals surface area contributed by atoms with Gasteiger partial charge in [0.25, 0.3) is 5.91 Å². The number of halogens is 1. The van der Waals surface area contributed by atoms with E-state index in [2.05, 4.69) is 40.5 Å². The Labute approximate surface area is 153 Å². The van der Waals surface area contributed by atoms with Gasteiger partial charge < -0.3 is 5.32 Å². The quantitative estimate of drug-likeness (QED) is 0.320. The number of hydrogen-bond acceptors (Lipinski definition) is 5. The van der Waals surface area contributed by atoms with E-state index in [9.17, 15) is 4.79 Å². The highest BCUT2D eigenvalue weighted by atomic mass is 79.9. The van der Waals surface area contributed by atoms with Gasteiger partial charge in [-0.1, -0.05) is 40.3 Å². The molecule has 4 nitrogen and oxygen atoms in total. The number of amides is 1. The van der Waals surface area contributed by atoms with Gasteiger partial charge in [-0.05, 0) is 31.2 Å². The van der Waals surface area contributed by atoms with E-state index >= 15 is 0 Å². The number of rotatable bonds is 5. The van der Waals surface area contributed by atoms with E-state index in [0.717, 1.165) is 16.2 Å². The van der Waals surface area contributed by atoms with Crippen LogP contribution in [0.4, 0.5) is 5.69 Å². The minimum atomic E-state index is -0.426. The first-order valence-corrected chi connectivity index (χ1v) is 8.30. The van der Waals surface area contributed by atoms with Crippen molar-refractivity contribution < 1.29 is 4.79 Å². The van der Waals surface area contributed by atoms with Crippen molar-refractivity contribution in [2.45, 2.75) is 6.92 Å². The monoisotopic (exact) mass is 405 g/mol. The van der Waals surface area contributed by atoms with Crippen LogP contribution < -0.4 is 5.32 Å². The largest absolute Gasteiger partial charge is 0.322 e. The van der Waals surface area contributed by atoms with Gasteiger partial charge >= 0.3 is 0 Å². The fourth-order valence-corrected chi connectivity index (χ4v) is 2.65. The molecule has 0 saturated carbocycles. The molecule has 0 aliphatic carbocycles. The summed E-state index contributed by atoms with van der Waals surface area (Å²) in [5, 5.41) is 20.7. The van der Waals surface area contributed by atoms with E-state index in [1.165, 1.54) is 13.0 Å². The van der Waals surface area contributed by atoms with E-state index in [1.807, 2.05) is 12.1 Å². The van der Waals surface area contributed by atoms with Crippen molar-refractivity contribution in [1.29, 1.82) is 10.5 Å². The summed E-state index contributed by atoms with van der Waals surface area (Å²) in [5.41, 5.74) is 0.883. The summed E-state index contributed by atoms with van der Waals surface area (Å²) in [6.07, 6.45) is 1.43. The van der Waals surface area contributed by atoms with Crippen molar-refractivity contribution in [3.63, 3.8) is 0 Å². The van der Waals surface area contributed by atoms with Gasteiger partial charge in [0.2, 0.25) is 0 Å². The number of hydrogen-bond donors (Lipinski definition) is 2. The second kappa shape index (κ2) is 9.26. The normalized spacial score (nSPS) is 12.2. The molecule has 0 saturated heterocycles. The first kappa shape index (κ1) is 19.1. The maximum atomic E-state index is 12.2. The highest BCUT2D eigenvalue weighted by Crippen LogP contribution is 2.32. The van der Waals surface area contributed by atoms with Gasteiger partial charge in [-0.3, -0.25) is 4.79 Å². The number of thioether (sulfide) groups is 1. The number of nitrogens with one attached hydrogen (secondary N) is 1. The number of carbonyl (C=O) groups excluding carboxylic acids is 1. The molecule has 0 heterocycles. The Balaban J connectivity index is 3.03. The van der Waals surface area contributed by atoms with Crippen molar-refractivity contribution in [3.8, 4) is 12.1 Å². The molecule has 0 aliphatic rings. The lowest BCUT2D eigenvalue weighted by Crippen LogP contribution is -2.12. The topological polar surface area (TPSA) is 76.7 Å². The van der Waals surface area contributed by atoms with E-state index in [-0.39, 0.29) is 15.4 Å². The molecule has 1 N–H and O–H groups in total. The summed E-state index contributed by atoms with van der Waals surface area (Å²) in [7, 11) is 0. The molecule has 0 radical (unpaired) electrons. The maximum absolute atomic E-state index is 12.2. The predicted octanol–water partition coefficient (Wildman–Crippen LogP) is 4.77. The lowest BCUT2D eigenvalue weighted by Gasteiger charge is -2.08. The first-order chi connectivity index (χ1) is 10.9. The van der Waals surface area contributed by atoms with Crippen LogP contribution in [0.1, 0.15) is 6.92 Å². The third kappa shape index (κ3) is 5.65. The van der Waals surface area contributed by atoms with E-state index in [0.29, 0.717) is 10.6 Å². The Morgan fingerprint density at radius 3 is 2.43 bits per heavy atom. The van der Waals surface area contributed by atoms with Gasteiger partial charge in [0, 0.05) is 15.1 Å². The molecule has 1 aromatic rings. The number of anilines is 1. The Morgan fingerprint density at radius 2 is 1.96 bits per heavy atom. The highest BCUT2D eigenvalue weighted by Gasteiger charge is 2.14. The SMILES string of the molecule is C=C/C(S/C(C#N)=C(\C)C#N)=C(/S)C(=O)Nc1ccc(Br)cc1. The van der Waals surface area contributed by atoms with Crippen molar-refractivity contribution in [2.75, 3.05) is 5.32 Å². The summed E-state index contributed by atoms with van der Waals surface area (Å²) in [6, 6.07) is 10.9. The number of benzene rings is 1. The van der Waals surface area contributed by atoms with Crippen LogP contribution in [0.25, 0.3) is 0 Å². The fourth-order valence-electron chi connectivity index (χ4n) is 1.37. The zero-order valence-corrected chi connectivity index (χ0v) is 15.4. The number of allylic oxidation sites excluding steroid dienone is 3. The summed E-state index contributed by atoms with van der Waals surface area (Å²) in [5.74, 6) is -0.426. The number of carbonyl (C=O) groups is 1. The molecular formula is C16H12BrN3OS2. The molecule has 1 amide bonds. The van der Waals surface area contributed by atoms with Gasteiger partial charge in [0.15, 0.2) is 0 Å². The number of nitriles is 2. The summed E-state index contributed by atoms with van der Waals surface area (Å²) >= 11 is 8.51. The lowest BCUT2D eigenvalue weighted by atomic mass is 10.3. The Kier molecular flexibility index (Phi) is 7.70. The lowest BCUT2D eigenvalue weighted by molar-refractivity contribution is -0.112. The predicted molar refractivity (Wildman–Crippen MR) is 100 cm³/mol. The maximum Gasteiger partial charge on any atom is 0.262 e. The molecule has 1 rings (SSSR count). The number of thiol groups is 1. The van der Waals surface area contributed by atoms with Crippen molar-refractivity contribution in [2.24, 2.45) is 0 Å². The zero-order chi connectivity index (χ0) is 17.4. The smallest absolute Gasteiger partial charge is 0.262 e. The summed E-state index contributed by atoms with van der Waals surface area (Å²) < 4.78 is 0.898. The molecule has 23 heavy (non-hydrogen) atoms. The van der Waals surface area contributed by atoms with Crippen molar-refractivity contribution >= 4 is 51.9 Å². The Bertz CT molecular complexity index is 768. The average molecular weight is 406 g/mol. The molecule has 0 aromatic heterocycles. The molecule has 0 atom stereocenters. The van der Waals surface area contributed by atoms with Gasteiger partial charge in [0.05, 0.1) is 16.5 Å². The van der Waals surface area contributed by atoms with Crippen molar-refractivity contribution in [1.82, 2.24) is 0 Å². The molecule has 0 unspecified atom stereocenters. The molecule has 1 aromatic carbocycles. The fraction of sp³-hybridized carbons (Fsp3) is 0.0625. The van der Waals surface area contributed by atoms with Crippen LogP contribution in [-0.2, 0) is 4.79 Å². The van der Waals surface area contributed by atoms with Crippen LogP contribution in [0, 0.1) is 22.7 Å². The second-order valence-corrected chi connectivity index (χ2v) is 6.57. The zero-order valence-electron chi connectivity index (χ0n) is 12.1. The van der Waals surface area contributed by atoms with Gasteiger partial charge in [-0.15, -0.1) is 12.6 Å². The molecule has 0 aliphatic heterocycles. The molecule has 7 heteroatoms. The Hall–Kier alpha value is -1.93. The van der Waals surface area contributed by atoms with Crippen LogP contribution in [0.2, 0.25) is 0 Å². The average Bonchev–Trinajstić information content (AvgIpc) is 2.56. The van der Waals surface area contributed by atoms with Crippen LogP contribution >= 0.6 is 40.3 Å². The molecule has 0 spiro atoms. The van der Waals surface area contributed by atoms with E-state index < -0.39 is 5.91 Å². The van der Waals surface area contributed by atoms with Gasteiger partial charge in [-0.2, -0.15) is 10.5 Å². The van der Waals surface area contributed by atoms with Crippen LogP contribution in [0.15, 0.2) is 61.7 Å². The molecular weight excluding hydrogens is 394 g/mol. The minimum Gasteiger partial charge on any atom is -0.322 e. The molecule has 0 bridgehead atoms. The second-order valence-electron chi connectivity index (χ2n) is 4.16. The van der Waals surface area contributed by atoms with E-state index in [4.69, 9.17) is 10.5 Å². The standard InChI is InChI=1S/C16H12BrN3OS2/c1-3-13(23-14(9-19)10(2)8-18)15(22)16(21)20-12-6-4-11(17)5-7-12/h3-7,22H,1H2,2H3,(H,20,21)/b14-10+,15-13-. The van der Waals surface area contributed by atoms with Crippen LogP contribution in [0.5, 0.6) is 0 Å².